The van der Waals surface area contributed by atoms with E-state index in [1.165, 1.54) is 6.08 Å². The van der Waals surface area contributed by atoms with Gasteiger partial charge in [-0.05, 0) is 64.7 Å². The first-order valence-corrected chi connectivity index (χ1v) is 9.18. The van der Waals surface area contributed by atoms with Crippen molar-refractivity contribution in [3.63, 3.8) is 0 Å². The van der Waals surface area contributed by atoms with Crippen LogP contribution in [0.1, 0.15) is 36.9 Å². The van der Waals surface area contributed by atoms with E-state index < -0.39 is 11.4 Å². The van der Waals surface area contributed by atoms with Crippen molar-refractivity contribution in [2.24, 2.45) is 0 Å². The van der Waals surface area contributed by atoms with E-state index in [1.54, 1.807) is 30.3 Å². The number of aromatic nitrogens is 1. The van der Waals surface area contributed by atoms with Crippen LogP contribution in [0.4, 0.5) is 0 Å². The Morgan fingerprint density at radius 2 is 1.92 bits per heavy atom. The molecule has 0 aliphatic heterocycles. The van der Waals surface area contributed by atoms with Crippen molar-refractivity contribution in [2.45, 2.75) is 31.2 Å². The van der Waals surface area contributed by atoms with Crippen LogP contribution < -0.4 is 5.32 Å². The zero-order valence-corrected chi connectivity index (χ0v) is 15.7. The molecular formula is C20H18BrN3O2. The van der Waals surface area contributed by atoms with Crippen molar-refractivity contribution in [3.05, 3.63) is 63.9 Å². The van der Waals surface area contributed by atoms with Gasteiger partial charge in [-0.3, -0.25) is 4.79 Å². The van der Waals surface area contributed by atoms with Gasteiger partial charge in [0.15, 0.2) is 0 Å². The Bertz CT molecular complexity index is 879. The molecule has 1 aliphatic carbocycles. The summed E-state index contributed by atoms with van der Waals surface area (Å²) in [5.41, 5.74) is 0.988. The summed E-state index contributed by atoms with van der Waals surface area (Å²) in [6.45, 7) is 0. The first kappa shape index (κ1) is 18.2. The number of nitrogens with one attached hydrogen (secondary N) is 1. The van der Waals surface area contributed by atoms with Gasteiger partial charge in [-0.15, -0.1) is 0 Å². The number of phenolic OH excluding ortho intramolecular Hbond substituents is 1. The van der Waals surface area contributed by atoms with Crippen LogP contribution >= 0.6 is 15.9 Å². The van der Waals surface area contributed by atoms with E-state index in [9.17, 15) is 15.2 Å². The number of halogens is 1. The average Bonchev–Trinajstić information content (AvgIpc) is 3.09. The van der Waals surface area contributed by atoms with Gasteiger partial charge in [0.1, 0.15) is 22.0 Å². The predicted octanol–water partition coefficient (Wildman–Crippen LogP) is 4.04. The molecule has 0 saturated heterocycles. The molecule has 1 heterocycles. The second kappa shape index (κ2) is 7.71. The molecule has 5 nitrogen and oxygen atoms in total. The van der Waals surface area contributed by atoms with Crippen molar-refractivity contribution in [3.8, 4) is 11.8 Å². The lowest BCUT2D eigenvalue weighted by Gasteiger charge is -2.31. The number of benzene rings is 1. The molecule has 1 saturated carbocycles. The number of nitrogens with zero attached hydrogens (tertiary/aromatic N) is 2. The molecule has 132 valence electrons. The fourth-order valence-electron chi connectivity index (χ4n) is 3.33. The highest BCUT2D eigenvalue weighted by Gasteiger charge is 2.37. The average molecular weight is 412 g/mol. The van der Waals surface area contributed by atoms with E-state index in [0.717, 1.165) is 31.2 Å². The summed E-state index contributed by atoms with van der Waals surface area (Å²) in [5, 5.41) is 22.0. The van der Waals surface area contributed by atoms with E-state index >= 15 is 0 Å². The largest absolute Gasteiger partial charge is 0.508 e. The number of carbonyl (C=O) groups is 1. The molecule has 1 aromatic carbocycles. The van der Waals surface area contributed by atoms with Crippen molar-refractivity contribution in [2.75, 3.05) is 0 Å². The molecule has 0 spiro atoms. The number of hydrogen-bond acceptors (Lipinski definition) is 4. The summed E-state index contributed by atoms with van der Waals surface area (Å²) in [6, 6.07) is 14.2. The second-order valence-electron chi connectivity index (χ2n) is 6.35. The van der Waals surface area contributed by atoms with Gasteiger partial charge in [0.05, 0.1) is 11.2 Å². The molecule has 6 heteroatoms. The lowest BCUT2D eigenvalue weighted by atomic mass is 9.87. The van der Waals surface area contributed by atoms with Gasteiger partial charge in [-0.25, -0.2) is 4.98 Å². The smallest absolute Gasteiger partial charge is 0.262 e. The molecule has 2 N–H and O–H groups in total. The maximum absolute atomic E-state index is 12.8. The topological polar surface area (TPSA) is 86.0 Å². The number of rotatable bonds is 4. The molecule has 0 bridgehead atoms. The van der Waals surface area contributed by atoms with E-state index in [4.69, 9.17) is 0 Å². The number of aromatic hydroxyl groups is 1. The highest BCUT2D eigenvalue weighted by Crippen LogP contribution is 2.39. The Balaban J connectivity index is 1.88. The van der Waals surface area contributed by atoms with Gasteiger partial charge < -0.3 is 10.4 Å². The fraction of sp³-hybridized carbons (Fsp3) is 0.250. The zero-order chi connectivity index (χ0) is 18.6. The zero-order valence-electron chi connectivity index (χ0n) is 14.1. The first-order chi connectivity index (χ1) is 12.5. The Hall–Kier alpha value is -2.65. The lowest BCUT2D eigenvalue weighted by Crippen LogP contribution is -2.44. The molecule has 0 unspecified atom stereocenters. The molecular weight excluding hydrogens is 394 g/mol. The van der Waals surface area contributed by atoms with Crippen LogP contribution in [-0.4, -0.2) is 16.0 Å². The maximum atomic E-state index is 12.8. The van der Waals surface area contributed by atoms with Gasteiger partial charge in [0.2, 0.25) is 0 Å². The Morgan fingerprint density at radius 3 is 2.54 bits per heavy atom. The van der Waals surface area contributed by atoms with Crippen LogP contribution in [0.5, 0.6) is 5.75 Å². The Morgan fingerprint density at radius 1 is 1.23 bits per heavy atom. The summed E-state index contributed by atoms with van der Waals surface area (Å²) < 4.78 is 0.639. The monoisotopic (exact) mass is 411 g/mol. The van der Waals surface area contributed by atoms with Crippen LogP contribution in [0.2, 0.25) is 0 Å². The molecule has 3 rings (SSSR count). The number of carbonyl (C=O) groups excluding carboxylic acids is 1. The van der Waals surface area contributed by atoms with Crippen molar-refractivity contribution in [1.82, 2.24) is 10.3 Å². The number of pyridine rings is 1. The summed E-state index contributed by atoms with van der Waals surface area (Å²) >= 11 is 3.28. The summed E-state index contributed by atoms with van der Waals surface area (Å²) in [4.78, 5) is 17.0. The molecule has 0 radical (unpaired) electrons. The minimum absolute atomic E-state index is 0.0145. The maximum Gasteiger partial charge on any atom is 0.262 e. The van der Waals surface area contributed by atoms with Crippen molar-refractivity contribution in [1.29, 1.82) is 5.26 Å². The third-order valence-corrected chi connectivity index (χ3v) is 5.07. The summed E-state index contributed by atoms with van der Waals surface area (Å²) in [5.74, 6) is -0.226. The first-order valence-electron chi connectivity index (χ1n) is 8.39. The van der Waals surface area contributed by atoms with Crippen molar-refractivity contribution >= 4 is 27.9 Å². The quantitative estimate of drug-likeness (QED) is 0.451. The van der Waals surface area contributed by atoms with E-state index in [0.29, 0.717) is 10.3 Å². The van der Waals surface area contributed by atoms with Gasteiger partial charge >= 0.3 is 0 Å². The summed E-state index contributed by atoms with van der Waals surface area (Å²) in [7, 11) is 0. The van der Waals surface area contributed by atoms with Gasteiger partial charge in [0, 0.05) is 0 Å². The summed E-state index contributed by atoms with van der Waals surface area (Å²) in [6.07, 6.45) is 5.09. The standard InChI is InChI=1S/C20H18BrN3O2/c21-18-5-3-4-16(23-18)12-14(13-22)19(26)24-20(10-1-2-11-20)15-6-8-17(25)9-7-15/h3-9,12,25H,1-2,10-11H2,(H,24,26)/b14-12+. The minimum Gasteiger partial charge on any atom is -0.508 e. The molecule has 1 aliphatic rings. The van der Waals surface area contributed by atoms with Crippen LogP contribution in [0, 0.1) is 11.3 Å². The molecule has 26 heavy (non-hydrogen) atoms. The number of hydrogen-bond donors (Lipinski definition) is 2. The normalized spacial score (nSPS) is 16.1. The molecule has 2 aromatic rings. The Labute approximate surface area is 160 Å². The van der Waals surface area contributed by atoms with E-state index in [-0.39, 0.29) is 11.3 Å². The lowest BCUT2D eigenvalue weighted by molar-refractivity contribution is -0.119. The van der Waals surface area contributed by atoms with Crippen LogP contribution in [0.15, 0.2) is 52.6 Å². The number of nitriles is 1. The second-order valence-corrected chi connectivity index (χ2v) is 7.16. The van der Waals surface area contributed by atoms with Gasteiger partial charge in [-0.1, -0.05) is 31.0 Å². The minimum atomic E-state index is -0.509. The van der Waals surface area contributed by atoms with Gasteiger partial charge in [0.25, 0.3) is 5.91 Å². The molecule has 1 amide bonds. The van der Waals surface area contributed by atoms with Gasteiger partial charge in [-0.2, -0.15) is 5.26 Å². The number of amides is 1. The van der Waals surface area contributed by atoms with Crippen molar-refractivity contribution < 1.29 is 9.90 Å². The molecule has 1 aromatic heterocycles. The predicted molar refractivity (Wildman–Crippen MR) is 102 cm³/mol. The Kier molecular flexibility index (Phi) is 5.38. The highest BCUT2D eigenvalue weighted by atomic mass is 79.9. The number of phenols is 1. The third-order valence-electron chi connectivity index (χ3n) is 4.62. The van der Waals surface area contributed by atoms with Crippen LogP contribution in [-0.2, 0) is 10.3 Å². The molecule has 0 atom stereocenters. The molecule has 1 fully saturated rings. The van der Waals surface area contributed by atoms with E-state index in [1.807, 2.05) is 18.2 Å². The van der Waals surface area contributed by atoms with E-state index in [2.05, 4.69) is 26.2 Å². The SMILES string of the molecule is N#C/C(=C\c1cccc(Br)n1)C(=O)NC1(c2ccc(O)cc2)CCCC1. The highest BCUT2D eigenvalue weighted by molar-refractivity contribution is 9.10. The van der Waals surface area contributed by atoms with Crippen LogP contribution in [0.25, 0.3) is 6.08 Å². The fourth-order valence-corrected chi connectivity index (χ4v) is 3.69. The third kappa shape index (κ3) is 3.94. The van der Waals surface area contributed by atoms with Crippen LogP contribution in [0.3, 0.4) is 0 Å².